The molecule has 11 nitrogen and oxygen atoms in total. The predicted octanol–water partition coefficient (Wildman–Crippen LogP) is 0.178. The summed E-state index contributed by atoms with van der Waals surface area (Å²) in [5.74, 6) is -2.82. The molecule has 0 saturated heterocycles. The zero-order valence-electron chi connectivity index (χ0n) is 21.9. The largest absolute Gasteiger partial charge is 0.508 e. The van der Waals surface area contributed by atoms with Gasteiger partial charge in [-0.3, -0.25) is 14.4 Å². The molecular weight excluding hydrogens is 524 g/mol. The molecule has 0 saturated carbocycles. The van der Waals surface area contributed by atoms with Crippen molar-refractivity contribution in [2.24, 2.45) is 5.73 Å². The van der Waals surface area contributed by atoms with Crippen LogP contribution >= 0.6 is 11.8 Å². The van der Waals surface area contributed by atoms with E-state index in [2.05, 4.69) is 16.0 Å². The highest BCUT2D eigenvalue weighted by Gasteiger charge is 2.31. The molecule has 12 heteroatoms. The van der Waals surface area contributed by atoms with Crippen LogP contribution in [0.3, 0.4) is 0 Å². The lowest BCUT2D eigenvalue weighted by Gasteiger charge is -2.26. The maximum atomic E-state index is 13.3. The van der Waals surface area contributed by atoms with Gasteiger partial charge in [0.25, 0.3) is 0 Å². The van der Waals surface area contributed by atoms with E-state index in [9.17, 15) is 34.5 Å². The predicted molar refractivity (Wildman–Crippen MR) is 148 cm³/mol. The lowest BCUT2D eigenvalue weighted by Crippen LogP contribution is -2.58. The van der Waals surface area contributed by atoms with Crippen LogP contribution in [-0.2, 0) is 32.0 Å². The first-order valence-electron chi connectivity index (χ1n) is 12.4. The molecule has 2 rings (SSSR count). The Morgan fingerprint density at radius 2 is 1.33 bits per heavy atom. The fourth-order valence-electron chi connectivity index (χ4n) is 3.66. The highest BCUT2D eigenvalue weighted by Crippen LogP contribution is 2.13. The van der Waals surface area contributed by atoms with E-state index in [-0.39, 0.29) is 25.0 Å². The first kappa shape index (κ1) is 31.6. The summed E-state index contributed by atoms with van der Waals surface area (Å²) in [6.45, 7) is 1.35. The fraction of sp³-hybridized carbons (Fsp3) is 0.407. The van der Waals surface area contributed by atoms with Gasteiger partial charge < -0.3 is 37.0 Å². The topological polar surface area (TPSA) is 191 Å². The van der Waals surface area contributed by atoms with Crippen LogP contribution in [0.25, 0.3) is 0 Å². The molecule has 0 heterocycles. The van der Waals surface area contributed by atoms with E-state index >= 15 is 0 Å². The van der Waals surface area contributed by atoms with Gasteiger partial charge in [0.15, 0.2) is 0 Å². The fourth-order valence-corrected chi connectivity index (χ4v) is 4.13. The third-order valence-corrected chi connectivity index (χ3v) is 6.62. The third-order valence-electron chi connectivity index (χ3n) is 5.97. The number of amides is 3. The molecule has 212 valence electrons. The van der Waals surface area contributed by atoms with Crippen LogP contribution in [0.4, 0.5) is 0 Å². The monoisotopic (exact) mass is 560 g/mol. The maximum Gasteiger partial charge on any atom is 0.326 e. The average Bonchev–Trinajstić information content (AvgIpc) is 2.91. The minimum absolute atomic E-state index is 0.00802. The molecule has 0 aliphatic carbocycles. The van der Waals surface area contributed by atoms with Gasteiger partial charge in [-0.2, -0.15) is 11.8 Å². The van der Waals surface area contributed by atoms with Gasteiger partial charge in [0.2, 0.25) is 17.7 Å². The number of thioether (sulfide) groups is 1. The maximum absolute atomic E-state index is 13.3. The number of nitrogens with two attached hydrogens (primary N) is 1. The molecule has 0 radical (unpaired) electrons. The molecule has 39 heavy (non-hydrogen) atoms. The molecule has 0 bridgehead atoms. The van der Waals surface area contributed by atoms with E-state index in [1.165, 1.54) is 30.8 Å². The number of carboxylic acids is 1. The molecule has 5 atom stereocenters. The van der Waals surface area contributed by atoms with Crippen molar-refractivity contribution in [1.29, 1.82) is 0 Å². The Hall–Kier alpha value is -3.61. The number of phenolic OH excluding ortho intramolecular Hbond substituents is 1. The van der Waals surface area contributed by atoms with Gasteiger partial charge in [-0.1, -0.05) is 42.5 Å². The Labute approximate surface area is 231 Å². The number of aliphatic hydroxyl groups excluding tert-OH is 1. The Morgan fingerprint density at radius 1 is 0.821 bits per heavy atom. The summed E-state index contributed by atoms with van der Waals surface area (Å²) >= 11 is 1.45. The van der Waals surface area contributed by atoms with E-state index in [1.54, 1.807) is 42.5 Å². The first-order valence-corrected chi connectivity index (χ1v) is 13.8. The van der Waals surface area contributed by atoms with Gasteiger partial charge in [-0.15, -0.1) is 0 Å². The second-order valence-corrected chi connectivity index (χ2v) is 10.1. The van der Waals surface area contributed by atoms with Gasteiger partial charge in [-0.05, 0) is 48.6 Å². The number of phenols is 1. The van der Waals surface area contributed by atoms with E-state index in [1.807, 2.05) is 6.26 Å². The van der Waals surface area contributed by atoms with Crippen molar-refractivity contribution >= 4 is 35.5 Å². The highest BCUT2D eigenvalue weighted by molar-refractivity contribution is 7.98. The lowest BCUT2D eigenvalue weighted by atomic mass is 10.0. The Kier molecular flexibility index (Phi) is 12.7. The molecule has 0 aliphatic heterocycles. The SMILES string of the molecule is CSCCC(NC(=O)C(N)C(C)O)C(=O)NC(Cc1ccc(O)cc1)C(=O)NC(Cc1ccccc1)C(=O)O. The number of hydrogen-bond donors (Lipinski definition) is 7. The molecule has 0 spiro atoms. The molecule has 0 fully saturated rings. The summed E-state index contributed by atoms with van der Waals surface area (Å²) in [7, 11) is 0. The second kappa shape index (κ2) is 15.7. The van der Waals surface area contributed by atoms with Crippen molar-refractivity contribution in [3.63, 3.8) is 0 Å². The smallest absolute Gasteiger partial charge is 0.326 e. The average molecular weight is 561 g/mol. The van der Waals surface area contributed by atoms with Crippen LogP contribution in [0.2, 0.25) is 0 Å². The summed E-state index contributed by atoms with van der Waals surface area (Å²) in [4.78, 5) is 51.0. The Balaban J connectivity index is 2.26. The molecule has 3 amide bonds. The quantitative estimate of drug-likeness (QED) is 0.159. The number of hydrogen-bond acceptors (Lipinski definition) is 8. The van der Waals surface area contributed by atoms with Gasteiger partial charge in [0.05, 0.1) is 6.10 Å². The van der Waals surface area contributed by atoms with Crippen molar-refractivity contribution in [3.05, 3.63) is 65.7 Å². The standard InChI is InChI=1S/C27H36N4O7S/c1-16(32)23(28)26(36)29-20(12-13-39-2)24(34)30-21(14-18-8-10-19(33)11-9-18)25(35)31-22(27(37)38)15-17-6-4-3-5-7-17/h3-11,16,20-23,32-33H,12-15,28H2,1-2H3,(H,29,36)(H,30,34)(H,31,35)(H,37,38). The number of aromatic hydroxyl groups is 1. The van der Waals surface area contributed by atoms with Crippen molar-refractivity contribution < 1.29 is 34.5 Å². The first-order chi connectivity index (χ1) is 18.5. The van der Waals surface area contributed by atoms with Crippen LogP contribution < -0.4 is 21.7 Å². The molecule has 2 aromatic rings. The Morgan fingerprint density at radius 3 is 1.90 bits per heavy atom. The van der Waals surface area contributed by atoms with Crippen molar-refractivity contribution in [2.75, 3.05) is 12.0 Å². The van der Waals surface area contributed by atoms with Gasteiger partial charge in [0.1, 0.15) is 29.9 Å². The summed E-state index contributed by atoms with van der Waals surface area (Å²) in [5.41, 5.74) is 7.02. The second-order valence-electron chi connectivity index (χ2n) is 9.13. The van der Waals surface area contributed by atoms with E-state index in [0.29, 0.717) is 16.9 Å². The molecular formula is C27H36N4O7S. The zero-order valence-corrected chi connectivity index (χ0v) is 22.7. The number of aliphatic carboxylic acids is 1. The third kappa shape index (κ3) is 10.6. The van der Waals surface area contributed by atoms with Crippen LogP contribution in [0, 0.1) is 0 Å². The zero-order chi connectivity index (χ0) is 28.9. The van der Waals surface area contributed by atoms with Crippen LogP contribution in [0.15, 0.2) is 54.6 Å². The van der Waals surface area contributed by atoms with Crippen LogP contribution in [0.1, 0.15) is 24.5 Å². The summed E-state index contributed by atoms with van der Waals surface area (Å²) < 4.78 is 0. The highest BCUT2D eigenvalue weighted by atomic mass is 32.2. The Bertz CT molecular complexity index is 1100. The van der Waals surface area contributed by atoms with E-state index in [0.717, 1.165) is 0 Å². The summed E-state index contributed by atoms with van der Waals surface area (Å²) in [6.07, 6.45) is 0.944. The molecule has 0 aromatic heterocycles. The summed E-state index contributed by atoms with van der Waals surface area (Å²) in [5, 5.41) is 36.7. The van der Waals surface area contributed by atoms with Crippen molar-refractivity contribution in [3.8, 4) is 5.75 Å². The van der Waals surface area contributed by atoms with Crippen molar-refractivity contribution in [1.82, 2.24) is 16.0 Å². The lowest BCUT2D eigenvalue weighted by molar-refractivity contribution is -0.142. The number of carbonyl (C=O) groups is 4. The number of aliphatic hydroxyl groups is 1. The minimum atomic E-state index is -1.25. The molecule has 8 N–H and O–H groups in total. The minimum Gasteiger partial charge on any atom is -0.508 e. The van der Waals surface area contributed by atoms with E-state index in [4.69, 9.17) is 5.73 Å². The number of benzene rings is 2. The molecule has 2 aromatic carbocycles. The van der Waals surface area contributed by atoms with Crippen LogP contribution in [0.5, 0.6) is 5.75 Å². The van der Waals surface area contributed by atoms with Gasteiger partial charge >= 0.3 is 5.97 Å². The number of nitrogens with one attached hydrogen (secondary N) is 3. The van der Waals surface area contributed by atoms with Gasteiger partial charge in [-0.25, -0.2) is 4.79 Å². The normalized spacial score (nSPS) is 14.8. The number of carbonyl (C=O) groups excluding carboxylic acids is 3. The van der Waals surface area contributed by atoms with Gasteiger partial charge in [0, 0.05) is 12.8 Å². The molecule has 5 unspecified atom stereocenters. The molecule has 0 aliphatic rings. The number of carboxylic acid groups (broad SMARTS) is 1. The van der Waals surface area contributed by atoms with Crippen LogP contribution in [-0.4, -0.2) is 81.3 Å². The number of rotatable bonds is 15. The summed E-state index contributed by atoms with van der Waals surface area (Å²) in [6, 6.07) is 10.1. The van der Waals surface area contributed by atoms with Crippen molar-refractivity contribution in [2.45, 2.75) is 56.5 Å². The van der Waals surface area contributed by atoms with E-state index < -0.39 is 54.0 Å².